The molecule has 1 aromatic carbocycles. The van der Waals surface area contributed by atoms with Crippen LogP contribution in [0, 0.1) is 5.82 Å². The van der Waals surface area contributed by atoms with Gasteiger partial charge >= 0.3 is 0 Å². The molecule has 0 aliphatic heterocycles. The Bertz CT molecular complexity index is 543. The second-order valence-corrected chi connectivity index (χ2v) is 6.14. The summed E-state index contributed by atoms with van der Waals surface area (Å²) in [7, 11) is -3.76. The zero-order valence-electron chi connectivity index (χ0n) is 9.71. The van der Waals surface area contributed by atoms with E-state index in [2.05, 4.69) is 0 Å². The summed E-state index contributed by atoms with van der Waals surface area (Å²) in [5.41, 5.74) is 5.23. The van der Waals surface area contributed by atoms with Gasteiger partial charge in [0.15, 0.2) is 0 Å². The molecule has 0 bridgehead atoms. The first kappa shape index (κ1) is 13.3. The second-order valence-electron chi connectivity index (χ2n) is 4.25. The Labute approximate surface area is 105 Å². The molecule has 100 valence electrons. The number of hydrogen-bond donors (Lipinski definition) is 2. The lowest BCUT2D eigenvalue weighted by atomic mass is 10.3. The van der Waals surface area contributed by atoms with Gasteiger partial charge in [-0.1, -0.05) is 0 Å². The molecule has 0 radical (unpaired) electrons. The van der Waals surface area contributed by atoms with Crippen LogP contribution in [0.3, 0.4) is 0 Å². The first-order valence-corrected chi connectivity index (χ1v) is 7.08. The van der Waals surface area contributed by atoms with E-state index in [9.17, 15) is 12.8 Å². The minimum Gasteiger partial charge on any atom is -0.396 e. The number of aliphatic hydroxyl groups is 1. The third-order valence-electron chi connectivity index (χ3n) is 2.85. The van der Waals surface area contributed by atoms with Crippen molar-refractivity contribution in [3.63, 3.8) is 0 Å². The predicted molar refractivity (Wildman–Crippen MR) is 64.8 cm³/mol. The average Bonchev–Trinajstić information content (AvgIpc) is 3.13. The highest BCUT2D eigenvalue weighted by molar-refractivity contribution is 7.89. The van der Waals surface area contributed by atoms with Crippen LogP contribution in [0.5, 0.6) is 0 Å². The zero-order chi connectivity index (χ0) is 13.3. The molecule has 1 fully saturated rings. The molecule has 0 unspecified atom stereocenters. The van der Waals surface area contributed by atoms with E-state index in [1.165, 1.54) is 16.4 Å². The smallest absolute Gasteiger partial charge is 0.243 e. The Hall–Kier alpha value is -1.18. The van der Waals surface area contributed by atoms with Crippen LogP contribution < -0.4 is 5.73 Å². The summed E-state index contributed by atoms with van der Waals surface area (Å²) in [4.78, 5) is -0.130. The summed E-state index contributed by atoms with van der Waals surface area (Å²) < 4.78 is 39.1. The van der Waals surface area contributed by atoms with Gasteiger partial charge in [-0.25, -0.2) is 12.8 Å². The maximum Gasteiger partial charge on any atom is 0.243 e. The van der Waals surface area contributed by atoms with Gasteiger partial charge in [0.25, 0.3) is 0 Å². The molecule has 0 saturated heterocycles. The van der Waals surface area contributed by atoms with Crippen LogP contribution in [0.1, 0.15) is 12.8 Å². The first-order chi connectivity index (χ1) is 8.46. The van der Waals surface area contributed by atoms with Gasteiger partial charge < -0.3 is 10.8 Å². The van der Waals surface area contributed by atoms with Crippen LogP contribution in [-0.4, -0.2) is 37.0 Å². The molecule has 18 heavy (non-hydrogen) atoms. The van der Waals surface area contributed by atoms with Crippen molar-refractivity contribution in [3.8, 4) is 0 Å². The van der Waals surface area contributed by atoms with Crippen molar-refractivity contribution in [2.45, 2.75) is 23.8 Å². The van der Waals surface area contributed by atoms with Crippen molar-refractivity contribution >= 4 is 15.7 Å². The summed E-state index contributed by atoms with van der Waals surface area (Å²) in [5.74, 6) is -0.754. The van der Waals surface area contributed by atoms with Crippen molar-refractivity contribution in [1.29, 1.82) is 0 Å². The highest BCUT2D eigenvalue weighted by atomic mass is 32.2. The summed E-state index contributed by atoms with van der Waals surface area (Å²) in [6.45, 7) is -0.230. The van der Waals surface area contributed by atoms with Crippen LogP contribution in [0.15, 0.2) is 23.1 Å². The van der Waals surface area contributed by atoms with Gasteiger partial charge in [-0.15, -0.1) is 0 Å². The third kappa shape index (κ3) is 2.47. The van der Waals surface area contributed by atoms with E-state index in [0.29, 0.717) is 0 Å². The summed E-state index contributed by atoms with van der Waals surface area (Å²) >= 11 is 0. The quantitative estimate of drug-likeness (QED) is 0.768. The minimum absolute atomic E-state index is 0.0268. The molecule has 0 amide bonds. The zero-order valence-corrected chi connectivity index (χ0v) is 10.5. The Morgan fingerprint density at radius 1 is 1.44 bits per heavy atom. The topological polar surface area (TPSA) is 83.6 Å². The van der Waals surface area contributed by atoms with Crippen molar-refractivity contribution < 1.29 is 17.9 Å². The van der Waals surface area contributed by atoms with Crippen LogP contribution in [-0.2, 0) is 10.0 Å². The van der Waals surface area contributed by atoms with Crippen molar-refractivity contribution in [2.24, 2.45) is 0 Å². The van der Waals surface area contributed by atoms with E-state index in [4.69, 9.17) is 10.8 Å². The number of rotatable bonds is 5. The van der Waals surface area contributed by atoms with E-state index in [0.717, 1.165) is 18.9 Å². The Morgan fingerprint density at radius 2 is 2.11 bits per heavy atom. The van der Waals surface area contributed by atoms with E-state index in [-0.39, 0.29) is 29.8 Å². The normalized spacial score (nSPS) is 16.2. The summed E-state index contributed by atoms with van der Waals surface area (Å²) in [6, 6.07) is 3.34. The fourth-order valence-corrected chi connectivity index (χ4v) is 3.45. The van der Waals surface area contributed by atoms with Crippen molar-refractivity contribution in [1.82, 2.24) is 4.31 Å². The molecule has 5 nitrogen and oxygen atoms in total. The fraction of sp³-hybridized carbons (Fsp3) is 0.455. The lowest BCUT2D eigenvalue weighted by Crippen LogP contribution is -2.35. The van der Waals surface area contributed by atoms with E-state index in [1.54, 1.807) is 0 Å². The molecule has 0 heterocycles. The van der Waals surface area contributed by atoms with E-state index >= 15 is 0 Å². The Kier molecular flexibility index (Phi) is 3.56. The highest BCUT2D eigenvalue weighted by Crippen LogP contribution is 2.32. The lowest BCUT2D eigenvalue weighted by Gasteiger charge is -2.20. The SMILES string of the molecule is Nc1ccc(S(=O)(=O)N(CCO)C2CC2)cc1F. The number of nitrogens with zero attached hydrogens (tertiary/aromatic N) is 1. The van der Waals surface area contributed by atoms with Crippen molar-refractivity contribution in [3.05, 3.63) is 24.0 Å². The summed E-state index contributed by atoms with van der Waals surface area (Å²) in [5, 5.41) is 8.92. The standard InChI is InChI=1S/C11H15FN2O3S/c12-10-7-9(3-4-11(10)13)18(16,17)14(5-6-15)8-1-2-8/h3-4,7-8,15H,1-2,5-6,13H2. The van der Waals surface area contributed by atoms with Gasteiger partial charge in [0.1, 0.15) is 5.82 Å². The molecule has 2 rings (SSSR count). The number of sulfonamides is 1. The number of anilines is 1. The number of halogens is 1. The number of aliphatic hydroxyl groups excluding tert-OH is 1. The largest absolute Gasteiger partial charge is 0.396 e. The molecule has 3 N–H and O–H groups in total. The Morgan fingerprint density at radius 3 is 2.61 bits per heavy atom. The van der Waals surface area contributed by atoms with E-state index < -0.39 is 15.8 Å². The third-order valence-corrected chi connectivity index (χ3v) is 4.80. The molecular formula is C11H15FN2O3S. The maximum absolute atomic E-state index is 13.3. The predicted octanol–water partition coefficient (Wildman–Crippen LogP) is 0.553. The van der Waals surface area contributed by atoms with Crippen LogP contribution in [0.4, 0.5) is 10.1 Å². The van der Waals surface area contributed by atoms with Crippen molar-refractivity contribution in [2.75, 3.05) is 18.9 Å². The van der Waals surface area contributed by atoms with Crippen LogP contribution in [0.2, 0.25) is 0 Å². The molecule has 1 aliphatic rings. The van der Waals surface area contributed by atoms with Gasteiger partial charge in [0.2, 0.25) is 10.0 Å². The summed E-state index contributed by atoms with van der Waals surface area (Å²) in [6.07, 6.45) is 1.55. The number of nitrogen functional groups attached to an aromatic ring is 1. The van der Waals surface area contributed by atoms with Gasteiger partial charge in [-0.05, 0) is 31.0 Å². The lowest BCUT2D eigenvalue weighted by molar-refractivity contribution is 0.250. The molecular weight excluding hydrogens is 259 g/mol. The Balaban J connectivity index is 2.36. The molecule has 7 heteroatoms. The average molecular weight is 274 g/mol. The molecule has 1 aromatic rings. The van der Waals surface area contributed by atoms with Gasteiger partial charge in [-0.3, -0.25) is 0 Å². The minimum atomic E-state index is -3.76. The number of nitrogens with two attached hydrogens (primary N) is 1. The molecule has 1 saturated carbocycles. The molecule has 1 aliphatic carbocycles. The van der Waals surface area contributed by atoms with Crippen LogP contribution >= 0.6 is 0 Å². The molecule has 0 aromatic heterocycles. The number of hydrogen-bond acceptors (Lipinski definition) is 4. The monoisotopic (exact) mass is 274 g/mol. The maximum atomic E-state index is 13.3. The second kappa shape index (κ2) is 4.83. The highest BCUT2D eigenvalue weighted by Gasteiger charge is 2.37. The number of benzene rings is 1. The van der Waals surface area contributed by atoms with Gasteiger partial charge in [0.05, 0.1) is 17.2 Å². The van der Waals surface area contributed by atoms with E-state index in [1.807, 2.05) is 0 Å². The van der Waals surface area contributed by atoms with Gasteiger partial charge in [-0.2, -0.15) is 4.31 Å². The first-order valence-electron chi connectivity index (χ1n) is 5.64. The van der Waals surface area contributed by atoms with Crippen LogP contribution in [0.25, 0.3) is 0 Å². The molecule has 0 atom stereocenters. The fourth-order valence-electron chi connectivity index (χ4n) is 1.76. The van der Waals surface area contributed by atoms with Gasteiger partial charge in [0, 0.05) is 12.6 Å². The molecule has 0 spiro atoms.